The summed E-state index contributed by atoms with van der Waals surface area (Å²) in [5.41, 5.74) is 0. The van der Waals surface area contributed by atoms with Gasteiger partial charge < -0.3 is 4.57 Å². The highest BCUT2D eigenvalue weighted by Gasteiger charge is 2.28. The molecule has 0 aromatic heterocycles. The van der Waals surface area contributed by atoms with Crippen molar-refractivity contribution in [3.8, 4) is 0 Å². The summed E-state index contributed by atoms with van der Waals surface area (Å²) in [6.07, 6.45) is 4.25. The maximum atomic E-state index is 3.60. The minimum absolute atomic E-state index is 0.254. The average molecular weight is 211 g/mol. The lowest BCUT2D eigenvalue weighted by Crippen LogP contribution is -2.51. The fourth-order valence-electron chi connectivity index (χ4n) is 2.48. The molecule has 0 aromatic carbocycles. The molecule has 1 aliphatic heterocycles. The van der Waals surface area contributed by atoms with Gasteiger partial charge in [-0.2, -0.15) is 0 Å². The number of piperidine rings is 1. The lowest BCUT2D eigenvalue weighted by atomic mass is 10.0. The largest absolute Gasteiger partial charge is 0.319 e. The van der Waals surface area contributed by atoms with Crippen molar-refractivity contribution in [3.05, 3.63) is 0 Å². The highest BCUT2D eigenvalue weighted by atomic mass is 28.3. The predicted octanol–water partition coefficient (Wildman–Crippen LogP) is 2.46. The quantitative estimate of drug-likeness (QED) is 0.648. The highest BCUT2D eigenvalue weighted by Crippen LogP contribution is 2.24. The van der Waals surface area contributed by atoms with Crippen LogP contribution in [-0.2, 0) is 0 Å². The zero-order valence-electron chi connectivity index (χ0n) is 9.14. The Morgan fingerprint density at radius 3 is 2.31 bits per heavy atom. The fourth-order valence-corrected chi connectivity index (χ4v) is 5.95. The molecule has 1 heterocycles. The van der Waals surface area contributed by atoms with Crippen molar-refractivity contribution < 1.29 is 0 Å². The molecule has 0 saturated carbocycles. The predicted molar refractivity (Wildman–Crippen MR) is 61.6 cm³/mol. The fraction of sp³-hybridized carbons (Fsp3) is 1.00. The Hall–Kier alpha value is 0.394. The van der Waals surface area contributed by atoms with Gasteiger partial charge in [-0.05, 0) is 18.9 Å². The van der Waals surface area contributed by atoms with Crippen LogP contribution in [0.3, 0.4) is 0 Å². The summed E-state index contributed by atoms with van der Waals surface area (Å²) in [7, 11) is 3.35. The molecule has 0 aliphatic carbocycles. The van der Waals surface area contributed by atoms with Crippen LogP contribution in [0.25, 0.3) is 0 Å². The first-order valence-corrected chi connectivity index (χ1v) is 8.28. The Labute approximate surface area is 88.0 Å². The first-order chi connectivity index (χ1) is 6.16. The summed E-state index contributed by atoms with van der Waals surface area (Å²) in [6, 6.07) is 4.21. The Morgan fingerprint density at radius 2 is 1.85 bits per heavy atom. The van der Waals surface area contributed by atoms with E-state index in [-0.39, 0.29) is 8.96 Å². The zero-order chi connectivity index (χ0) is 9.84. The molecule has 2 unspecified atom stereocenters. The SMILES string of the molecule is CC1CCCC(C)N1[Si](C)CC[Si]. The van der Waals surface area contributed by atoms with Crippen molar-refractivity contribution in [1.29, 1.82) is 0 Å². The van der Waals surface area contributed by atoms with Gasteiger partial charge in [0.1, 0.15) is 8.96 Å². The molecule has 1 rings (SSSR count). The Morgan fingerprint density at radius 1 is 1.31 bits per heavy atom. The molecule has 1 nitrogen and oxygen atoms in total. The molecule has 0 bridgehead atoms. The van der Waals surface area contributed by atoms with Gasteiger partial charge in [0.05, 0.1) is 0 Å². The van der Waals surface area contributed by atoms with Gasteiger partial charge in [-0.3, -0.25) is 0 Å². The second-order valence-electron chi connectivity index (χ2n) is 4.27. The molecule has 0 amide bonds. The second kappa shape index (κ2) is 5.32. The summed E-state index contributed by atoms with van der Waals surface area (Å²) in [4.78, 5) is 0. The van der Waals surface area contributed by atoms with E-state index in [9.17, 15) is 0 Å². The Balaban J connectivity index is 2.51. The molecule has 1 aliphatic rings. The van der Waals surface area contributed by atoms with Gasteiger partial charge in [-0.15, -0.1) is 0 Å². The number of hydrogen-bond donors (Lipinski definition) is 0. The molecule has 3 heteroatoms. The average Bonchev–Trinajstić information content (AvgIpc) is 2.04. The molecule has 4 radical (unpaired) electrons. The highest BCUT2D eigenvalue weighted by molar-refractivity contribution is 6.55. The normalized spacial score (nSPS) is 31.2. The summed E-state index contributed by atoms with van der Waals surface area (Å²) in [6.45, 7) is 7.26. The lowest BCUT2D eigenvalue weighted by Gasteiger charge is -2.42. The zero-order valence-corrected chi connectivity index (χ0v) is 11.1. The molecular formula is C10H21NSi2. The van der Waals surface area contributed by atoms with E-state index in [0.717, 1.165) is 12.1 Å². The van der Waals surface area contributed by atoms with Crippen molar-refractivity contribution in [1.82, 2.24) is 4.57 Å². The van der Waals surface area contributed by atoms with Gasteiger partial charge in [-0.1, -0.05) is 32.9 Å². The molecule has 2 atom stereocenters. The van der Waals surface area contributed by atoms with E-state index in [0.29, 0.717) is 0 Å². The number of rotatable bonds is 3. The van der Waals surface area contributed by atoms with E-state index in [1.807, 2.05) is 0 Å². The minimum Gasteiger partial charge on any atom is -0.319 e. The van der Waals surface area contributed by atoms with E-state index in [2.05, 4.69) is 35.2 Å². The first-order valence-electron chi connectivity index (χ1n) is 5.42. The van der Waals surface area contributed by atoms with E-state index in [4.69, 9.17) is 0 Å². The maximum absolute atomic E-state index is 3.60. The summed E-state index contributed by atoms with van der Waals surface area (Å²) < 4.78 is 2.80. The Bertz CT molecular complexity index is 142. The van der Waals surface area contributed by atoms with Crippen molar-refractivity contribution in [2.75, 3.05) is 0 Å². The number of nitrogens with zero attached hydrogens (tertiary/aromatic N) is 1. The molecule has 74 valence electrons. The van der Waals surface area contributed by atoms with Crippen LogP contribution in [0.5, 0.6) is 0 Å². The van der Waals surface area contributed by atoms with Crippen molar-refractivity contribution in [2.45, 2.75) is 63.8 Å². The van der Waals surface area contributed by atoms with Crippen molar-refractivity contribution in [2.24, 2.45) is 0 Å². The number of hydrogen-bond acceptors (Lipinski definition) is 1. The molecule has 0 spiro atoms. The van der Waals surface area contributed by atoms with E-state index < -0.39 is 0 Å². The standard InChI is InChI=1S/C10H21NSi2/c1-9-5-4-6-10(2)11(9)13(3)8-7-12/h9-10H,4-8H2,1-3H3. The smallest absolute Gasteiger partial charge is 0.133 e. The van der Waals surface area contributed by atoms with Crippen LogP contribution in [0, 0.1) is 0 Å². The van der Waals surface area contributed by atoms with Crippen LogP contribution in [-0.4, -0.2) is 35.8 Å². The van der Waals surface area contributed by atoms with Crippen LogP contribution in [0.4, 0.5) is 0 Å². The summed E-state index contributed by atoms with van der Waals surface area (Å²) >= 11 is 0. The topological polar surface area (TPSA) is 3.24 Å². The van der Waals surface area contributed by atoms with Gasteiger partial charge in [0.15, 0.2) is 0 Å². The van der Waals surface area contributed by atoms with Gasteiger partial charge >= 0.3 is 0 Å². The van der Waals surface area contributed by atoms with Gasteiger partial charge in [-0.25, -0.2) is 0 Å². The Kier molecular flexibility index (Phi) is 4.69. The molecular weight excluding hydrogens is 190 g/mol. The van der Waals surface area contributed by atoms with E-state index in [1.165, 1.54) is 31.4 Å². The van der Waals surface area contributed by atoms with Crippen molar-refractivity contribution in [3.63, 3.8) is 0 Å². The lowest BCUT2D eigenvalue weighted by molar-refractivity contribution is 0.200. The summed E-state index contributed by atoms with van der Waals surface area (Å²) in [5, 5.41) is 0. The van der Waals surface area contributed by atoms with E-state index in [1.54, 1.807) is 0 Å². The monoisotopic (exact) mass is 211 g/mol. The molecule has 0 aromatic rings. The third-order valence-electron chi connectivity index (χ3n) is 3.12. The molecule has 1 saturated heterocycles. The van der Waals surface area contributed by atoms with Crippen LogP contribution < -0.4 is 0 Å². The van der Waals surface area contributed by atoms with Crippen LogP contribution in [0.2, 0.25) is 18.6 Å². The van der Waals surface area contributed by atoms with Crippen LogP contribution in [0.1, 0.15) is 33.1 Å². The maximum Gasteiger partial charge on any atom is 0.133 e. The van der Waals surface area contributed by atoms with Gasteiger partial charge in [0, 0.05) is 22.3 Å². The third kappa shape index (κ3) is 2.93. The first kappa shape index (κ1) is 11.5. The van der Waals surface area contributed by atoms with Crippen molar-refractivity contribution >= 4 is 19.2 Å². The van der Waals surface area contributed by atoms with E-state index >= 15 is 0 Å². The van der Waals surface area contributed by atoms with Crippen LogP contribution >= 0.6 is 0 Å². The molecule has 0 N–H and O–H groups in total. The second-order valence-corrected chi connectivity index (χ2v) is 7.26. The van der Waals surface area contributed by atoms with Gasteiger partial charge in [0.25, 0.3) is 0 Å². The minimum atomic E-state index is -0.254. The van der Waals surface area contributed by atoms with Gasteiger partial charge in [0.2, 0.25) is 0 Å². The summed E-state index contributed by atoms with van der Waals surface area (Å²) in [5.74, 6) is 0. The molecule has 1 fully saturated rings. The van der Waals surface area contributed by atoms with Crippen LogP contribution in [0.15, 0.2) is 0 Å². The molecule has 13 heavy (non-hydrogen) atoms. The third-order valence-corrected chi connectivity index (χ3v) is 6.61.